The van der Waals surface area contributed by atoms with Gasteiger partial charge in [-0.15, -0.1) is 0 Å². The van der Waals surface area contributed by atoms with Crippen LogP contribution in [0.3, 0.4) is 0 Å². The number of rotatable bonds is 4. The van der Waals surface area contributed by atoms with Crippen LogP contribution in [0.4, 0.5) is 0 Å². The second-order valence-electron chi connectivity index (χ2n) is 4.87. The Hall–Kier alpha value is -1.62. The highest BCUT2D eigenvalue weighted by Gasteiger charge is 2.27. The van der Waals surface area contributed by atoms with Crippen LogP contribution in [0.5, 0.6) is 5.88 Å². The van der Waals surface area contributed by atoms with Gasteiger partial charge >= 0.3 is 0 Å². The van der Waals surface area contributed by atoms with Gasteiger partial charge in [0.2, 0.25) is 5.88 Å². The Morgan fingerprint density at radius 3 is 3.05 bits per heavy atom. The minimum Gasteiger partial charge on any atom is -0.480 e. The first-order chi connectivity index (χ1) is 9.26. The molecule has 19 heavy (non-hydrogen) atoms. The molecule has 0 radical (unpaired) electrons. The summed E-state index contributed by atoms with van der Waals surface area (Å²) in [6.07, 6.45) is 5.68. The van der Waals surface area contributed by atoms with Crippen molar-refractivity contribution in [2.75, 3.05) is 13.7 Å². The van der Waals surface area contributed by atoms with Gasteiger partial charge < -0.3 is 15.2 Å². The number of amides is 1. The fourth-order valence-corrected chi connectivity index (χ4v) is 2.59. The van der Waals surface area contributed by atoms with E-state index in [1.807, 2.05) is 0 Å². The molecule has 0 spiro atoms. The van der Waals surface area contributed by atoms with Gasteiger partial charge in [0, 0.05) is 24.8 Å². The number of carbonyl (C=O) groups is 1. The fourth-order valence-electron chi connectivity index (χ4n) is 2.59. The lowest BCUT2D eigenvalue weighted by Gasteiger charge is -2.30. The van der Waals surface area contributed by atoms with Crippen molar-refractivity contribution in [3.8, 4) is 5.88 Å². The molecule has 2 N–H and O–H groups in total. The minimum absolute atomic E-state index is 0.0381. The smallest absolute Gasteiger partial charge is 0.256 e. The summed E-state index contributed by atoms with van der Waals surface area (Å²) >= 11 is 0. The van der Waals surface area contributed by atoms with Crippen LogP contribution in [-0.4, -0.2) is 35.8 Å². The topological polar surface area (TPSA) is 71.5 Å². The lowest BCUT2D eigenvalue weighted by Crippen LogP contribution is -2.43. The van der Waals surface area contributed by atoms with E-state index in [0.717, 1.165) is 25.7 Å². The van der Waals surface area contributed by atoms with Crippen LogP contribution in [-0.2, 0) is 0 Å². The Balaban J connectivity index is 2.07. The second kappa shape index (κ2) is 6.52. The van der Waals surface area contributed by atoms with Crippen molar-refractivity contribution in [2.45, 2.75) is 31.7 Å². The number of hydrogen-bond acceptors (Lipinski definition) is 4. The third kappa shape index (κ3) is 3.23. The van der Waals surface area contributed by atoms with Crippen LogP contribution >= 0.6 is 0 Å². The molecule has 0 saturated heterocycles. The summed E-state index contributed by atoms with van der Waals surface area (Å²) in [5.74, 6) is 0.298. The zero-order valence-corrected chi connectivity index (χ0v) is 11.1. The van der Waals surface area contributed by atoms with Gasteiger partial charge in [-0.1, -0.05) is 12.8 Å². The molecule has 1 amide bonds. The number of aromatic nitrogens is 1. The summed E-state index contributed by atoms with van der Waals surface area (Å²) < 4.78 is 5.09. The molecule has 104 valence electrons. The minimum atomic E-state index is -0.185. The molecule has 1 aliphatic rings. The summed E-state index contributed by atoms with van der Waals surface area (Å²) in [5, 5.41) is 12.3. The molecular weight excluding hydrogens is 244 g/mol. The molecule has 1 aliphatic carbocycles. The highest BCUT2D eigenvalue weighted by atomic mass is 16.5. The maximum Gasteiger partial charge on any atom is 0.256 e. The molecule has 0 aromatic carbocycles. The van der Waals surface area contributed by atoms with Crippen LogP contribution in [0.2, 0.25) is 0 Å². The number of methoxy groups -OCH3 is 1. The molecule has 0 bridgehead atoms. The van der Waals surface area contributed by atoms with Crippen molar-refractivity contribution >= 4 is 5.91 Å². The SMILES string of the molecule is COc1ncccc1C(=O)NC1CCCCC1CO. The maximum absolute atomic E-state index is 12.2. The molecule has 1 saturated carbocycles. The first kappa shape index (κ1) is 13.8. The summed E-state index contributed by atoms with van der Waals surface area (Å²) in [6, 6.07) is 3.44. The van der Waals surface area contributed by atoms with E-state index in [2.05, 4.69) is 10.3 Å². The van der Waals surface area contributed by atoms with Gasteiger partial charge in [0.1, 0.15) is 5.56 Å². The first-order valence-corrected chi connectivity index (χ1v) is 6.67. The molecular formula is C14H20N2O3. The molecule has 1 aromatic rings. The van der Waals surface area contributed by atoms with E-state index >= 15 is 0 Å². The van der Waals surface area contributed by atoms with Gasteiger partial charge in [-0.2, -0.15) is 0 Å². The number of nitrogens with zero attached hydrogens (tertiary/aromatic N) is 1. The molecule has 2 atom stereocenters. The number of ether oxygens (including phenoxy) is 1. The zero-order chi connectivity index (χ0) is 13.7. The third-order valence-electron chi connectivity index (χ3n) is 3.67. The third-order valence-corrected chi connectivity index (χ3v) is 3.67. The molecule has 2 unspecified atom stereocenters. The molecule has 1 aromatic heterocycles. The molecule has 0 aliphatic heterocycles. The van der Waals surface area contributed by atoms with Crippen molar-refractivity contribution < 1.29 is 14.6 Å². The highest BCUT2D eigenvalue weighted by molar-refractivity contribution is 5.96. The largest absolute Gasteiger partial charge is 0.480 e. The Bertz CT molecular complexity index is 436. The Morgan fingerprint density at radius 2 is 2.32 bits per heavy atom. The van der Waals surface area contributed by atoms with E-state index in [9.17, 15) is 9.90 Å². The van der Waals surface area contributed by atoms with Gasteiger partial charge in [0.15, 0.2) is 0 Å². The van der Waals surface area contributed by atoms with Gasteiger partial charge in [0.05, 0.1) is 7.11 Å². The van der Waals surface area contributed by atoms with Crippen molar-refractivity contribution in [3.63, 3.8) is 0 Å². The molecule has 1 heterocycles. The Morgan fingerprint density at radius 1 is 1.53 bits per heavy atom. The van der Waals surface area contributed by atoms with E-state index < -0.39 is 0 Å². The van der Waals surface area contributed by atoms with Gasteiger partial charge in [0.25, 0.3) is 5.91 Å². The monoisotopic (exact) mass is 264 g/mol. The van der Waals surface area contributed by atoms with Gasteiger partial charge in [-0.05, 0) is 25.0 Å². The van der Waals surface area contributed by atoms with E-state index in [4.69, 9.17) is 4.74 Å². The van der Waals surface area contributed by atoms with Crippen molar-refractivity contribution in [2.24, 2.45) is 5.92 Å². The Kier molecular flexibility index (Phi) is 4.74. The molecule has 2 rings (SSSR count). The number of aliphatic hydroxyl groups excluding tert-OH is 1. The summed E-state index contributed by atoms with van der Waals surface area (Å²) in [5.41, 5.74) is 0.437. The quantitative estimate of drug-likeness (QED) is 0.861. The predicted molar refractivity (Wildman–Crippen MR) is 71.1 cm³/mol. The number of pyridine rings is 1. The average molecular weight is 264 g/mol. The van der Waals surface area contributed by atoms with Crippen molar-refractivity contribution in [3.05, 3.63) is 23.9 Å². The number of aliphatic hydroxyl groups is 1. The lowest BCUT2D eigenvalue weighted by atomic mass is 9.85. The standard InChI is InChI=1S/C14H20N2O3/c1-19-14-11(6-4-8-15-14)13(18)16-12-7-3-2-5-10(12)9-17/h4,6,8,10,12,17H,2-3,5,7,9H2,1H3,(H,16,18). The van der Waals surface area contributed by atoms with Crippen LogP contribution in [0.15, 0.2) is 18.3 Å². The number of nitrogens with one attached hydrogen (secondary N) is 1. The second-order valence-corrected chi connectivity index (χ2v) is 4.87. The summed E-state index contributed by atoms with van der Waals surface area (Å²) in [7, 11) is 1.50. The average Bonchev–Trinajstić information content (AvgIpc) is 2.47. The van der Waals surface area contributed by atoms with Crippen LogP contribution in [0.1, 0.15) is 36.0 Å². The molecule has 1 fully saturated rings. The normalized spacial score (nSPS) is 22.8. The van der Waals surface area contributed by atoms with E-state index in [0.29, 0.717) is 11.4 Å². The highest BCUT2D eigenvalue weighted by Crippen LogP contribution is 2.24. The van der Waals surface area contributed by atoms with Crippen LogP contribution in [0.25, 0.3) is 0 Å². The van der Waals surface area contributed by atoms with E-state index in [-0.39, 0.29) is 24.5 Å². The summed E-state index contributed by atoms with van der Waals surface area (Å²) in [6.45, 7) is 0.120. The van der Waals surface area contributed by atoms with Crippen LogP contribution < -0.4 is 10.1 Å². The molecule has 5 nitrogen and oxygen atoms in total. The van der Waals surface area contributed by atoms with Crippen molar-refractivity contribution in [1.82, 2.24) is 10.3 Å². The van der Waals surface area contributed by atoms with Crippen LogP contribution in [0, 0.1) is 5.92 Å². The lowest BCUT2D eigenvalue weighted by molar-refractivity contribution is 0.0869. The fraction of sp³-hybridized carbons (Fsp3) is 0.571. The van der Waals surface area contributed by atoms with Gasteiger partial charge in [-0.25, -0.2) is 4.98 Å². The molecule has 5 heteroatoms. The number of hydrogen-bond donors (Lipinski definition) is 2. The number of carbonyl (C=O) groups excluding carboxylic acids is 1. The zero-order valence-electron chi connectivity index (χ0n) is 11.1. The maximum atomic E-state index is 12.2. The van der Waals surface area contributed by atoms with E-state index in [1.165, 1.54) is 7.11 Å². The van der Waals surface area contributed by atoms with Gasteiger partial charge in [-0.3, -0.25) is 4.79 Å². The first-order valence-electron chi connectivity index (χ1n) is 6.67. The van der Waals surface area contributed by atoms with E-state index in [1.54, 1.807) is 18.3 Å². The van der Waals surface area contributed by atoms with Crippen molar-refractivity contribution in [1.29, 1.82) is 0 Å². The Labute approximate surface area is 113 Å². The summed E-state index contributed by atoms with van der Waals surface area (Å²) in [4.78, 5) is 16.3. The predicted octanol–water partition coefficient (Wildman–Crippen LogP) is 1.37.